The van der Waals surface area contributed by atoms with Crippen LogP contribution in [0.5, 0.6) is 0 Å². The monoisotopic (exact) mass is 280 g/mol. The van der Waals surface area contributed by atoms with Crippen LogP contribution in [0.25, 0.3) is 0 Å². The van der Waals surface area contributed by atoms with Gasteiger partial charge in [-0.3, -0.25) is 0 Å². The van der Waals surface area contributed by atoms with Crippen LogP contribution in [0.3, 0.4) is 0 Å². The average molecular weight is 281 g/mol. The molecule has 1 rings (SSSR count). The fourth-order valence-electron chi connectivity index (χ4n) is 3.23. The normalized spacial score (nSPS) is 12.7. The number of benzene rings is 1. The van der Waals surface area contributed by atoms with Crippen molar-refractivity contribution in [2.45, 2.75) is 63.1 Å². The molecule has 0 spiro atoms. The molecule has 0 aliphatic rings. The van der Waals surface area contributed by atoms with Gasteiger partial charge in [0.05, 0.1) is 8.07 Å². The van der Waals surface area contributed by atoms with Crippen molar-refractivity contribution in [3.05, 3.63) is 30.3 Å². The summed E-state index contributed by atoms with van der Waals surface area (Å²) in [6, 6.07) is 10.9. The molecule has 0 heterocycles. The Morgan fingerprint density at radius 3 is 1.67 bits per heavy atom. The topological polar surface area (TPSA) is 0 Å². The van der Waals surface area contributed by atoms with Crippen LogP contribution in [0, 0.1) is 0 Å². The smallest absolute Gasteiger partial charge is 0.0719 e. The van der Waals surface area contributed by atoms with Gasteiger partial charge in [-0.25, -0.2) is 0 Å². The molecular formula is C16H28SSi. The molecule has 0 aromatic heterocycles. The summed E-state index contributed by atoms with van der Waals surface area (Å²) in [6.07, 6.45) is 0. The zero-order valence-corrected chi connectivity index (χ0v) is 14.6. The summed E-state index contributed by atoms with van der Waals surface area (Å²) in [7, 11) is -1.25. The molecule has 0 aliphatic heterocycles. The van der Waals surface area contributed by atoms with E-state index in [0.29, 0.717) is 0 Å². The maximum absolute atomic E-state index is 2.44. The standard InChI is InChI=1S/C16H28SSi/c1-13(2)18(14(3)4,15(5)6)12-17-16-10-8-7-9-11-16/h7-11,13-15H,12H2,1-6H3. The van der Waals surface area contributed by atoms with Crippen molar-refractivity contribution >= 4 is 19.8 Å². The van der Waals surface area contributed by atoms with E-state index < -0.39 is 8.07 Å². The van der Waals surface area contributed by atoms with Crippen LogP contribution in [0.2, 0.25) is 16.6 Å². The number of thioether (sulfide) groups is 1. The lowest BCUT2D eigenvalue weighted by Crippen LogP contribution is -2.47. The molecule has 0 N–H and O–H groups in total. The molecule has 1 aromatic rings. The van der Waals surface area contributed by atoms with Crippen molar-refractivity contribution in [3.63, 3.8) is 0 Å². The fourth-order valence-corrected chi connectivity index (χ4v) is 13.2. The highest BCUT2D eigenvalue weighted by Gasteiger charge is 2.42. The van der Waals surface area contributed by atoms with Gasteiger partial charge in [0.15, 0.2) is 0 Å². The third kappa shape index (κ3) is 3.42. The van der Waals surface area contributed by atoms with Crippen LogP contribution < -0.4 is 0 Å². The lowest BCUT2D eigenvalue weighted by atomic mass is 10.4. The molecule has 102 valence electrons. The van der Waals surface area contributed by atoms with Crippen molar-refractivity contribution in [1.82, 2.24) is 0 Å². The highest BCUT2D eigenvalue weighted by atomic mass is 32.2. The van der Waals surface area contributed by atoms with E-state index in [4.69, 9.17) is 0 Å². The quantitative estimate of drug-likeness (QED) is 0.455. The first-order chi connectivity index (χ1) is 8.41. The lowest BCUT2D eigenvalue weighted by molar-refractivity contribution is 0.820. The summed E-state index contributed by atoms with van der Waals surface area (Å²) < 4.78 is 0. The molecule has 0 bridgehead atoms. The van der Waals surface area contributed by atoms with Crippen LogP contribution in [0.15, 0.2) is 35.2 Å². The molecule has 0 radical (unpaired) electrons. The summed E-state index contributed by atoms with van der Waals surface area (Å²) in [5.41, 5.74) is 2.57. The van der Waals surface area contributed by atoms with E-state index in [2.05, 4.69) is 83.6 Å². The van der Waals surface area contributed by atoms with E-state index in [1.165, 1.54) is 10.3 Å². The Hall–Kier alpha value is -0.213. The maximum Gasteiger partial charge on any atom is 0.0719 e. The molecule has 0 atom stereocenters. The average Bonchev–Trinajstić information content (AvgIpc) is 2.29. The lowest BCUT2D eigenvalue weighted by Gasteiger charge is -2.43. The molecule has 0 fully saturated rings. The molecule has 2 heteroatoms. The van der Waals surface area contributed by atoms with Gasteiger partial charge >= 0.3 is 0 Å². The second-order valence-corrected chi connectivity index (χ2v) is 13.8. The maximum atomic E-state index is 2.44. The van der Waals surface area contributed by atoms with Crippen LogP contribution in [-0.4, -0.2) is 13.5 Å². The van der Waals surface area contributed by atoms with Crippen molar-refractivity contribution in [1.29, 1.82) is 0 Å². The molecule has 0 unspecified atom stereocenters. The Balaban J connectivity index is 2.86. The van der Waals surface area contributed by atoms with E-state index in [9.17, 15) is 0 Å². The van der Waals surface area contributed by atoms with E-state index in [-0.39, 0.29) is 0 Å². The van der Waals surface area contributed by atoms with Gasteiger partial charge in [-0.1, -0.05) is 59.7 Å². The Morgan fingerprint density at radius 1 is 0.833 bits per heavy atom. The minimum Gasteiger partial charge on any atom is -0.129 e. The van der Waals surface area contributed by atoms with E-state index >= 15 is 0 Å². The van der Waals surface area contributed by atoms with Crippen LogP contribution in [0.4, 0.5) is 0 Å². The predicted molar refractivity (Wildman–Crippen MR) is 88.2 cm³/mol. The third-order valence-electron chi connectivity index (χ3n) is 4.46. The van der Waals surface area contributed by atoms with E-state index in [1.807, 2.05) is 0 Å². The predicted octanol–water partition coefficient (Wildman–Crippen LogP) is 6.00. The van der Waals surface area contributed by atoms with Crippen molar-refractivity contribution < 1.29 is 0 Å². The Labute approximate surface area is 119 Å². The second-order valence-electron chi connectivity index (χ2n) is 6.18. The molecular weight excluding hydrogens is 252 g/mol. The highest BCUT2D eigenvalue weighted by Crippen LogP contribution is 2.44. The van der Waals surface area contributed by atoms with Crippen molar-refractivity contribution in [3.8, 4) is 0 Å². The first-order valence-corrected chi connectivity index (χ1v) is 10.5. The molecule has 0 saturated carbocycles. The fraction of sp³-hybridized carbons (Fsp3) is 0.625. The molecule has 18 heavy (non-hydrogen) atoms. The molecule has 0 aliphatic carbocycles. The Kier molecular flexibility index (Phi) is 5.99. The highest BCUT2D eigenvalue weighted by molar-refractivity contribution is 8.01. The Bertz CT molecular complexity index is 322. The van der Waals surface area contributed by atoms with Crippen LogP contribution >= 0.6 is 11.8 Å². The van der Waals surface area contributed by atoms with E-state index in [0.717, 1.165) is 16.6 Å². The first-order valence-electron chi connectivity index (χ1n) is 7.09. The molecule has 0 saturated heterocycles. The van der Waals surface area contributed by atoms with E-state index in [1.54, 1.807) is 0 Å². The largest absolute Gasteiger partial charge is 0.129 e. The van der Waals surface area contributed by atoms with Gasteiger partial charge in [-0.15, -0.1) is 11.8 Å². The van der Waals surface area contributed by atoms with Gasteiger partial charge in [0.2, 0.25) is 0 Å². The minimum absolute atomic E-state index is 0.855. The number of hydrogen-bond donors (Lipinski definition) is 0. The summed E-state index contributed by atoms with van der Waals surface area (Å²) in [5, 5.41) is 1.35. The number of rotatable bonds is 6. The summed E-state index contributed by atoms with van der Waals surface area (Å²) in [5.74, 6) is 0. The zero-order valence-electron chi connectivity index (χ0n) is 12.7. The number of hydrogen-bond acceptors (Lipinski definition) is 1. The summed E-state index contributed by atoms with van der Waals surface area (Å²) in [6.45, 7) is 14.7. The van der Waals surface area contributed by atoms with Crippen molar-refractivity contribution in [2.24, 2.45) is 0 Å². The SMILES string of the molecule is CC(C)[Si](CSc1ccccc1)(C(C)C)C(C)C. The Morgan fingerprint density at radius 2 is 1.28 bits per heavy atom. The van der Waals surface area contributed by atoms with Gasteiger partial charge < -0.3 is 0 Å². The van der Waals surface area contributed by atoms with Gasteiger partial charge in [-0.05, 0) is 34.1 Å². The van der Waals surface area contributed by atoms with Crippen molar-refractivity contribution in [2.75, 3.05) is 5.38 Å². The van der Waals surface area contributed by atoms with Crippen LogP contribution in [0.1, 0.15) is 41.5 Å². The molecule has 1 aromatic carbocycles. The summed E-state index contributed by atoms with van der Waals surface area (Å²) in [4.78, 5) is 1.43. The van der Waals surface area contributed by atoms with Gasteiger partial charge in [0.1, 0.15) is 0 Å². The minimum atomic E-state index is -1.25. The van der Waals surface area contributed by atoms with Gasteiger partial charge in [0, 0.05) is 4.90 Å². The van der Waals surface area contributed by atoms with Gasteiger partial charge in [0.25, 0.3) is 0 Å². The first kappa shape index (κ1) is 15.8. The zero-order chi connectivity index (χ0) is 13.8. The molecule has 0 amide bonds. The second kappa shape index (κ2) is 6.81. The third-order valence-corrected chi connectivity index (χ3v) is 14.1. The van der Waals surface area contributed by atoms with Gasteiger partial charge in [-0.2, -0.15) is 0 Å². The summed E-state index contributed by atoms with van der Waals surface area (Å²) >= 11 is 2.07. The van der Waals surface area contributed by atoms with Crippen LogP contribution in [-0.2, 0) is 0 Å². The molecule has 0 nitrogen and oxygen atoms in total.